The van der Waals surface area contributed by atoms with Crippen molar-refractivity contribution in [2.24, 2.45) is 11.3 Å². The molecule has 1 aromatic carbocycles. The summed E-state index contributed by atoms with van der Waals surface area (Å²) in [6.07, 6.45) is 1.42. The van der Waals surface area contributed by atoms with E-state index in [0.29, 0.717) is 43.8 Å². The number of carbonyl (C=O) groups excluding carboxylic acids is 3. The van der Waals surface area contributed by atoms with Gasteiger partial charge < -0.3 is 25.3 Å². The number of methoxy groups -OCH3 is 1. The molecule has 3 N–H and O–H groups in total. The van der Waals surface area contributed by atoms with Crippen molar-refractivity contribution in [2.75, 3.05) is 20.2 Å². The van der Waals surface area contributed by atoms with Crippen molar-refractivity contribution in [3.63, 3.8) is 0 Å². The molecule has 3 amide bonds. The zero-order valence-corrected chi connectivity index (χ0v) is 19.1. The molecule has 0 unspecified atom stereocenters. The monoisotopic (exact) mass is 451 g/mol. The Morgan fingerprint density at radius 1 is 1.39 bits per heavy atom. The molecule has 0 aliphatic carbocycles. The molecule has 0 bridgehead atoms. The molecule has 0 radical (unpaired) electrons. The Morgan fingerprint density at radius 2 is 2.18 bits per heavy atom. The number of aromatic nitrogens is 1. The summed E-state index contributed by atoms with van der Waals surface area (Å²) in [5, 5.41) is 16.2. The van der Waals surface area contributed by atoms with E-state index in [1.807, 2.05) is 32.0 Å². The standard InChI is InChI=1S/C24H29N5O4/c1-24(2)11-19(23(32)29(13-24)15(12-25)9-14-7-8-26-21(14)30)28-22(31)18-10-16-17(27-18)5-4-6-20(16)33-3/h4-6,10,14-15,19,27H,7-9,11,13H2,1-3H3,(H,26,30)(H,28,31)/t14-,15-,19-/m0/s1. The number of benzene rings is 1. The lowest BCUT2D eigenvalue weighted by Gasteiger charge is -2.44. The maximum atomic E-state index is 13.3. The molecule has 33 heavy (non-hydrogen) atoms. The summed E-state index contributed by atoms with van der Waals surface area (Å²) in [6.45, 7) is 5.01. The van der Waals surface area contributed by atoms with Gasteiger partial charge in [-0.25, -0.2) is 0 Å². The third kappa shape index (κ3) is 4.51. The molecular weight excluding hydrogens is 422 g/mol. The molecule has 3 atom stereocenters. The summed E-state index contributed by atoms with van der Waals surface area (Å²) < 4.78 is 5.36. The summed E-state index contributed by atoms with van der Waals surface area (Å²) in [5.41, 5.74) is 0.787. The number of likely N-dealkylation sites (tertiary alicyclic amines) is 1. The fourth-order valence-electron chi connectivity index (χ4n) is 4.87. The van der Waals surface area contributed by atoms with Crippen molar-refractivity contribution in [1.29, 1.82) is 5.26 Å². The number of nitrogens with zero attached hydrogens (tertiary/aromatic N) is 2. The van der Waals surface area contributed by atoms with Gasteiger partial charge in [0.2, 0.25) is 11.8 Å². The highest BCUT2D eigenvalue weighted by atomic mass is 16.5. The highest BCUT2D eigenvalue weighted by Crippen LogP contribution is 2.33. The minimum absolute atomic E-state index is 0.0712. The minimum Gasteiger partial charge on any atom is -0.496 e. The van der Waals surface area contributed by atoms with Gasteiger partial charge in [0.1, 0.15) is 23.5 Å². The maximum absolute atomic E-state index is 13.3. The number of nitrogens with one attached hydrogen (secondary N) is 3. The molecule has 2 aliphatic heterocycles. The number of amides is 3. The maximum Gasteiger partial charge on any atom is 0.268 e. The van der Waals surface area contributed by atoms with Crippen molar-refractivity contribution in [3.8, 4) is 11.8 Å². The Labute approximate surface area is 192 Å². The van der Waals surface area contributed by atoms with Gasteiger partial charge in [-0.15, -0.1) is 0 Å². The topological polar surface area (TPSA) is 127 Å². The van der Waals surface area contributed by atoms with Gasteiger partial charge in [-0.1, -0.05) is 19.9 Å². The van der Waals surface area contributed by atoms with Crippen LogP contribution in [0.15, 0.2) is 24.3 Å². The van der Waals surface area contributed by atoms with E-state index in [-0.39, 0.29) is 23.1 Å². The zero-order valence-electron chi connectivity index (χ0n) is 19.1. The van der Waals surface area contributed by atoms with Gasteiger partial charge in [0.15, 0.2) is 0 Å². The molecule has 3 heterocycles. The van der Waals surface area contributed by atoms with E-state index in [9.17, 15) is 19.6 Å². The Bertz CT molecular complexity index is 1130. The van der Waals surface area contributed by atoms with E-state index in [1.165, 1.54) is 4.90 Å². The van der Waals surface area contributed by atoms with Gasteiger partial charge in [-0.05, 0) is 42.9 Å². The molecule has 2 aliphatic rings. The van der Waals surface area contributed by atoms with Crippen LogP contribution in [-0.2, 0) is 9.59 Å². The minimum atomic E-state index is -0.761. The van der Waals surface area contributed by atoms with Gasteiger partial charge in [-0.3, -0.25) is 14.4 Å². The SMILES string of the molecule is COc1cccc2[nH]c(C(=O)N[C@H]3CC(C)(C)CN([C@H](C#N)C[C@@H]4CCNC4=O)C3=O)cc12. The number of aromatic amines is 1. The lowest BCUT2D eigenvalue weighted by molar-refractivity contribution is -0.142. The number of rotatable bonds is 6. The number of hydrogen-bond donors (Lipinski definition) is 3. The third-order valence-corrected chi connectivity index (χ3v) is 6.53. The second-order valence-corrected chi connectivity index (χ2v) is 9.62. The van der Waals surface area contributed by atoms with Gasteiger partial charge >= 0.3 is 0 Å². The first-order chi connectivity index (χ1) is 15.7. The largest absolute Gasteiger partial charge is 0.496 e. The van der Waals surface area contributed by atoms with Crippen LogP contribution in [0.25, 0.3) is 10.9 Å². The van der Waals surface area contributed by atoms with Crippen LogP contribution < -0.4 is 15.4 Å². The van der Waals surface area contributed by atoms with Gasteiger partial charge in [0.25, 0.3) is 5.91 Å². The molecule has 4 rings (SSSR count). The molecular formula is C24H29N5O4. The Hall–Kier alpha value is -3.54. The van der Waals surface area contributed by atoms with E-state index in [1.54, 1.807) is 13.2 Å². The molecule has 0 spiro atoms. The second-order valence-electron chi connectivity index (χ2n) is 9.62. The van der Waals surface area contributed by atoms with Crippen molar-refractivity contribution >= 4 is 28.6 Å². The zero-order chi connectivity index (χ0) is 23.8. The van der Waals surface area contributed by atoms with Crippen LogP contribution in [0.3, 0.4) is 0 Å². The van der Waals surface area contributed by atoms with Crippen LogP contribution >= 0.6 is 0 Å². The summed E-state index contributed by atoms with van der Waals surface area (Å²) in [6, 6.07) is 7.93. The van der Waals surface area contributed by atoms with Crippen LogP contribution in [0.4, 0.5) is 0 Å². The van der Waals surface area contributed by atoms with Crippen LogP contribution in [-0.4, -0.2) is 59.9 Å². The predicted molar refractivity (Wildman–Crippen MR) is 121 cm³/mol. The average Bonchev–Trinajstić information content (AvgIpc) is 3.40. The highest BCUT2D eigenvalue weighted by Gasteiger charge is 2.43. The fourth-order valence-corrected chi connectivity index (χ4v) is 4.87. The van der Waals surface area contributed by atoms with Gasteiger partial charge in [-0.2, -0.15) is 5.26 Å². The Kier molecular flexibility index (Phi) is 6.02. The van der Waals surface area contributed by atoms with Gasteiger partial charge in [0, 0.05) is 29.9 Å². The van der Waals surface area contributed by atoms with E-state index < -0.39 is 18.0 Å². The molecule has 2 saturated heterocycles. The van der Waals surface area contributed by atoms with Crippen molar-refractivity contribution in [2.45, 2.75) is 45.2 Å². The number of ether oxygens (including phenoxy) is 1. The number of fused-ring (bicyclic) bond motifs is 1. The van der Waals surface area contributed by atoms with Crippen molar-refractivity contribution in [3.05, 3.63) is 30.0 Å². The highest BCUT2D eigenvalue weighted by molar-refractivity contribution is 6.01. The fraction of sp³-hybridized carbons (Fsp3) is 0.500. The summed E-state index contributed by atoms with van der Waals surface area (Å²) in [7, 11) is 1.57. The quantitative estimate of drug-likeness (QED) is 0.619. The lowest BCUT2D eigenvalue weighted by Crippen LogP contribution is -2.60. The molecule has 174 valence electrons. The normalized spacial score (nSPS) is 23.2. The number of nitriles is 1. The first-order valence-corrected chi connectivity index (χ1v) is 11.2. The van der Waals surface area contributed by atoms with E-state index >= 15 is 0 Å². The van der Waals surface area contributed by atoms with Crippen LogP contribution in [0.1, 0.15) is 43.6 Å². The Morgan fingerprint density at radius 3 is 2.85 bits per heavy atom. The van der Waals surface area contributed by atoms with Crippen LogP contribution in [0, 0.1) is 22.7 Å². The molecule has 9 nitrogen and oxygen atoms in total. The summed E-state index contributed by atoms with van der Waals surface area (Å²) >= 11 is 0. The number of hydrogen-bond acceptors (Lipinski definition) is 5. The lowest BCUT2D eigenvalue weighted by atomic mass is 9.80. The number of piperidine rings is 1. The second kappa shape index (κ2) is 8.77. The molecule has 1 aromatic heterocycles. The number of carbonyl (C=O) groups is 3. The third-order valence-electron chi connectivity index (χ3n) is 6.53. The van der Waals surface area contributed by atoms with Crippen LogP contribution in [0.5, 0.6) is 5.75 Å². The van der Waals surface area contributed by atoms with E-state index in [2.05, 4.69) is 21.7 Å². The molecule has 0 saturated carbocycles. The van der Waals surface area contributed by atoms with Crippen molar-refractivity contribution < 1.29 is 19.1 Å². The summed E-state index contributed by atoms with van der Waals surface area (Å²) in [4.78, 5) is 43.0. The first-order valence-electron chi connectivity index (χ1n) is 11.2. The van der Waals surface area contributed by atoms with Crippen molar-refractivity contribution in [1.82, 2.24) is 20.5 Å². The van der Waals surface area contributed by atoms with E-state index in [4.69, 9.17) is 4.74 Å². The number of H-pyrrole nitrogens is 1. The Balaban J connectivity index is 1.53. The first kappa shape index (κ1) is 22.6. The summed E-state index contributed by atoms with van der Waals surface area (Å²) in [5.74, 6) is -0.383. The molecule has 2 fully saturated rings. The average molecular weight is 452 g/mol. The molecule has 9 heteroatoms. The van der Waals surface area contributed by atoms with Crippen LogP contribution in [0.2, 0.25) is 0 Å². The smallest absolute Gasteiger partial charge is 0.268 e. The molecule has 2 aromatic rings. The van der Waals surface area contributed by atoms with Gasteiger partial charge in [0.05, 0.1) is 13.2 Å². The predicted octanol–water partition coefficient (Wildman–Crippen LogP) is 1.95. The van der Waals surface area contributed by atoms with E-state index in [0.717, 1.165) is 10.9 Å².